The van der Waals surface area contributed by atoms with E-state index in [4.69, 9.17) is 10.8 Å². The highest BCUT2D eigenvalue weighted by molar-refractivity contribution is 5.80. The smallest absolute Gasteiger partial charge is 0.303 e. The van der Waals surface area contributed by atoms with Gasteiger partial charge in [-0.05, 0) is 49.9 Å². The Labute approximate surface area is 203 Å². The number of hydrogen-bond acceptors (Lipinski definition) is 2. The van der Waals surface area contributed by atoms with E-state index in [0.29, 0.717) is 12.8 Å². The number of primary amides is 1. The zero-order valence-corrected chi connectivity index (χ0v) is 21.6. The molecule has 4 nitrogen and oxygen atoms in total. The molecule has 0 aliphatic rings. The lowest BCUT2D eigenvalue weighted by molar-refractivity contribution is -0.137. The Morgan fingerprint density at radius 2 is 1.33 bits per heavy atom. The van der Waals surface area contributed by atoms with Gasteiger partial charge in [-0.25, -0.2) is 0 Å². The van der Waals surface area contributed by atoms with Gasteiger partial charge in [-0.3, -0.25) is 9.59 Å². The van der Waals surface area contributed by atoms with E-state index in [1.165, 1.54) is 44.9 Å². The van der Waals surface area contributed by atoms with Crippen molar-refractivity contribution in [2.45, 2.75) is 136 Å². The van der Waals surface area contributed by atoms with Gasteiger partial charge in [0.05, 0.1) is 0 Å². The van der Waals surface area contributed by atoms with Crippen molar-refractivity contribution < 1.29 is 14.7 Å². The summed E-state index contributed by atoms with van der Waals surface area (Å²) in [5, 5.41) is 8.84. The van der Waals surface area contributed by atoms with Crippen molar-refractivity contribution in [1.29, 1.82) is 0 Å². The zero-order chi connectivity index (χ0) is 24.8. The molecule has 0 saturated carbocycles. The maximum atomic E-state index is 12.0. The van der Waals surface area contributed by atoms with Crippen molar-refractivity contribution in [1.82, 2.24) is 0 Å². The number of unbranched alkanes of at least 4 members (excludes halogenated alkanes) is 12. The Kier molecular flexibility index (Phi) is 19.4. The first-order valence-electron chi connectivity index (χ1n) is 13.3. The molecule has 0 fully saturated rings. The van der Waals surface area contributed by atoms with Crippen molar-refractivity contribution in [2.24, 2.45) is 17.1 Å². The normalized spacial score (nSPS) is 13.2. The van der Waals surface area contributed by atoms with Crippen LogP contribution in [0.5, 0.6) is 0 Å². The van der Waals surface area contributed by atoms with Gasteiger partial charge in [0.25, 0.3) is 0 Å². The van der Waals surface area contributed by atoms with Gasteiger partial charge in [0.2, 0.25) is 5.91 Å². The van der Waals surface area contributed by atoms with E-state index < -0.39 is 11.4 Å². The van der Waals surface area contributed by atoms with Crippen LogP contribution < -0.4 is 5.73 Å². The Hall–Kier alpha value is -1.94. The third-order valence-corrected chi connectivity index (χ3v) is 6.42. The van der Waals surface area contributed by atoms with Crippen LogP contribution in [0.4, 0.5) is 0 Å². The van der Waals surface area contributed by atoms with Gasteiger partial charge in [-0.15, -0.1) is 0 Å². The quantitative estimate of drug-likeness (QED) is 0.149. The summed E-state index contributed by atoms with van der Waals surface area (Å²) >= 11 is 0. The van der Waals surface area contributed by atoms with Crippen LogP contribution in [0.2, 0.25) is 0 Å². The second-order valence-electron chi connectivity index (χ2n) is 9.91. The monoisotopic (exact) mass is 459 g/mol. The van der Waals surface area contributed by atoms with Gasteiger partial charge < -0.3 is 10.8 Å². The lowest BCUT2D eigenvalue weighted by Gasteiger charge is -2.29. The van der Waals surface area contributed by atoms with Crippen molar-refractivity contribution in [3.05, 3.63) is 0 Å². The predicted molar refractivity (Wildman–Crippen MR) is 138 cm³/mol. The summed E-state index contributed by atoms with van der Waals surface area (Å²) < 4.78 is 0. The zero-order valence-electron chi connectivity index (χ0n) is 21.6. The Morgan fingerprint density at radius 1 is 0.848 bits per heavy atom. The molecule has 188 valence electrons. The van der Waals surface area contributed by atoms with E-state index in [-0.39, 0.29) is 18.2 Å². The molecule has 0 heterocycles. The maximum absolute atomic E-state index is 12.0. The predicted octanol–water partition coefficient (Wildman–Crippen LogP) is 7.25. The van der Waals surface area contributed by atoms with E-state index in [0.717, 1.165) is 51.4 Å². The summed E-state index contributed by atoms with van der Waals surface area (Å²) in [5.74, 6) is 11.4. The molecule has 0 rings (SSSR count). The molecule has 2 atom stereocenters. The molecule has 4 heteroatoms. The molecule has 0 radical (unpaired) electrons. The highest BCUT2D eigenvalue weighted by Crippen LogP contribution is 2.33. The van der Waals surface area contributed by atoms with E-state index in [2.05, 4.69) is 30.6 Å². The van der Waals surface area contributed by atoms with Crippen molar-refractivity contribution >= 4 is 11.9 Å². The number of hydrogen-bond donors (Lipinski definition) is 2. The minimum Gasteiger partial charge on any atom is -0.481 e. The number of carbonyl (C=O) groups excluding carboxylic acids is 1. The second kappa shape index (κ2) is 20.7. The summed E-state index contributed by atoms with van der Waals surface area (Å²) in [6, 6.07) is 0. The Bertz CT molecular complexity index is 649. The molecule has 0 aliphatic carbocycles. The van der Waals surface area contributed by atoms with Crippen LogP contribution in [0.25, 0.3) is 0 Å². The fraction of sp³-hybridized carbons (Fsp3) is 0.793. The third-order valence-electron chi connectivity index (χ3n) is 6.42. The fourth-order valence-corrected chi connectivity index (χ4v) is 4.21. The number of rotatable bonds is 20. The van der Waals surface area contributed by atoms with Crippen molar-refractivity contribution in [3.63, 3.8) is 0 Å². The molecule has 0 aromatic rings. The number of amides is 1. The Balaban J connectivity index is 3.82. The van der Waals surface area contributed by atoms with Gasteiger partial charge in [0.1, 0.15) is 0 Å². The largest absolute Gasteiger partial charge is 0.481 e. The number of carboxylic acids is 1. The van der Waals surface area contributed by atoms with E-state index in [1.54, 1.807) is 0 Å². The molecular weight excluding hydrogens is 410 g/mol. The molecule has 0 aromatic carbocycles. The van der Waals surface area contributed by atoms with E-state index in [9.17, 15) is 9.59 Å². The van der Waals surface area contributed by atoms with Crippen molar-refractivity contribution in [2.75, 3.05) is 0 Å². The lowest BCUT2D eigenvalue weighted by atomic mass is 9.75. The van der Waals surface area contributed by atoms with Crippen LogP contribution >= 0.6 is 0 Å². The van der Waals surface area contributed by atoms with Crippen LogP contribution in [-0.4, -0.2) is 17.0 Å². The van der Waals surface area contributed by atoms with Crippen LogP contribution in [0.3, 0.4) is 0 Å². The molecule has 0 aromatic heterocycles. The second-order valence-corrected chi connectivity index (χ2v) is 9.91. The minimum atomic E-state index is -0.789. The molecule has 0 saturated heterocycles. The van der Waals surface area contributed by atoms with Gasteiger partial charge in [0.15, 0.2) is 0 Å². The molecule has 0 spiro atoms. The number of carboxylic acid groups (broad SMARTS) is 1. The first-order chi connectivity index (χ1) is 15.8. The molecule has 3 N–H and O–H groups in total. The first kappa shape index (κ1) is 31.1. The fourth-order valence-electron chi connectivity index (χ4n) is 4.21. The molecule has 1 amide bonds. The molecule has 33 heavy (non-hydrogen) atoms. The third kappa shape index (κ3) is 19.3. The summed E-state index contributed by atoms with van der Waals surface area (Å²) in [7, 11) is 0. The summed E-state index contributed by atoms with van der Waals surface area (Å²) in [5.41, 5.74) is 5.13. The molecular formula is C29H49NO3. The topological polar surface area (TPSA) is 80.4 Å². The standard InChI is InChI=1S/C29H49NO3/c1-4-5-6-7-8-9-10-11-12-13-14-15-16-17-18-19-20-21-24-29(3,28(30)33)25-26(2)22-23-27(31)32/h26H,4-11,16-25H2,1-3H3,(H2,30,33)(H,31,32). The summed E-state index contributed by atoms with van der Waals surface area (Å²) in [6.07, 6.45) is 18.6. The first-order valence-corrected chi connectivity index (χ1v) is 13.3. The number of carbonyl (C=O) groups is 2. The minimum absolute atomic E-state index is 0.143. The maximum Gasteiger partial charge on any atom is 0.303 e. The van der Waals surface area contributed by atoms with E-state index in [1.807, 2.05) is 13.8 Å². The Morgan fingerprint density at radius 3 is 1.82 bits per heavy atom. The summed E-state index contributed by atoms with van der Waals surface area (Å²) in [4.78, 5) is 22.7. The van der Waals surface area contributed by atoms with Gasteiger partial charge in [-0.1, -0.05) is 96.8 Å². The average Bonchev–Trinajstić information content (AvgIpc) is 2.76. The number of aliphatic carboxylic acids is 1. The van der Waals surface area contributed by atoms with Crippen LogP contribution in [0.15, 0.2) is 0 Å². The van der Waals surface area contributed by atoms with Gasteiger partial charge in [0, 0.05) is 24.7 Å². The van der Waals surface area contributed by atoms with Crippen LogP contribution in [0, 0.1) is 35.0 Å². The number of nitrogens with two attached hydrogens (primary N) is 1. The van der Waals surface area contributed by atoms with Crippen LogP contribution in [-0.2, 0) is 9.59 Å². The molecule has 0 bridgehead atoms. The van der Waals surface area contributed by atoms with E-state index >= 15 is 0 Å². The molecule has 0 aliphatic heterocycles. The molecule has 2 unspecified atom stereocenters. The lowest BCUT2D eigenvalue weighted by Crippen LogP contribution is -2.36. The van der Waals surface area contributed by atoms with Crippen molar-refractivity contribution in [3.8, 4) is 23.7 Å². The average molecular weight is 460 g/mol. The van der Waals surface area contributed by atoms with Gasteiger partial charge in [-0.2, -0.15) is 0 Å². The highest BCUT2D eigenvalue weighted by atomic mass is 16.4. The van der Waals surface area contributed by atoms with Crippen LogP contribution in [0.1, 0.15) is 136 Å². The summed E-state index contributed by atoms with van der Waals surface area (Å²) in [6.45, 7) is 6.18. The highest BCUT2D eigenvalue weighted by Gasteiger charge is 2.32. The van der Waals surface area contributed by atoms with Gasteiger partial charge >= 0.3 is 5.97 Å². The SMILES string of the molecule is CCCCCCCCCC#CC#CCCCCCCCC(C)(CC(C)CCC(=O)O)C(N)=O.